The number of hydrogen-bond donors (Lipinski definition) is 0. The van der Waals surface area contributed by atoms with E-state index in [1.807, 2.05) is 0 Å². The summed E-state index contributed by atoms with van der Waals surface area (Å²) in [5, 5.41) is 2.34. The van der Waals surface area contributed by atoms with Crippen LogP contribution < -0.4 is 4.74 Å². The molecule has 0 spiro atoms. The second-order valence-corrected chi connectivity index (χ2v) is 4.36. The minimum atomic E-state index is -2.83. The first kappa shape index (κ1) is 12.6. The van der Waals surface area contributed by atoms with Gasteiger partial charge in [-0.25, -0.2) is 4.98 Å². The van der Waals surface area contributed by atoms with E-state index < -0.39 is 6.61 Å². The van der Waals surface area contributed by atoms with Gasteiger partial charge in [0.15, 0.2) is 5.78 Å². The maximum atomic E-state index is 12.0. The summed E-state index contributed by atoms with van der Waals surface area (Å²) in [7, 11) is 0. The lowest BCUT2D eigenvalue weighted by Gasteiger charge is -2.04. The Labute approximate surface area is 106 Å². The van der Waals surface area contributed by atoms with Crippen LogP contribution in [0, 0.1) is 0 Å². The van der Waals surface area contributed by atoms with Crippen molar-refractivity contribution in [2.45, 2.75) is 13.5 Å². The molecule has 0 unspecified atom stereocenters. The highest BCUT2D eigenvalue weighted by Gasteiger charge is 2.09. The molecule has 0 aliphatic carbocycles. The van der Waals surface area contributed by atoms with Crippen molar-refractivity contribution in [3.8, 4) is 16.3 Å². The third kappa shape index (κ3) is 2.89. The summed E-state index contributed by atoms with van der Waals surface area (Å²) in [6.07, 6.45) is 0. The van der Waals surface area contributed by atoms with Crippen LogP contribution in [-0.4, -0.2) is 17.4 Å². The highest BCUT2D eigenvalue weighted by Crippen LogP contribution is 2.26. The normalized spacial score (nSPS) is 10.7. The van der Waals surface area contributed by atoms with E-state index in [4.69, 9.17) is 0 Å². The van der Waals surface area contributed by atoms with Gasteiger partial charge in [0.1, 0.15) is 16.5 Å². The van der Waals surface area contributed by atoms with E-state index in [1.54, 1.807) is 17.5 Å². The van der Waals surface area contributed by atoms with E-state index in [9.17, 15) is 13.6 Å². The quantitative estimate of drug-likeness (QED) is 0.796. The second kappa shape index (κ2) is 5.22. The molecule has 0 atom stereocenters. The van der Waals surface area contributed by atoms with Crippen LogP contribution in [0.2, 0.25) is 0 Å². The molecule has 6 heteroatoms. The molecule has 0 aliphatic heterocycles. The molecule has 1 heterocycles. The molecule has 0 saturated carbocycles. The minimum Gasteiger partial charge on any atom is -0.435 e. The van der Waals surface area contributed by atoms with Gasteiger partial charge in [0, 0.05) is 17.9 Å². The van der Waals surface area contributed by atoms with Gasteiger partial charge in [0.2, 0.25) is 0 Å². The fourth-order valence-electron chi connectivity index (χ4n) is 1.35. The zero-order chi connectivity index (χ0) is 13.1. The first-order valence-corrected chi connectivity index (χ1v) is 5.96. The van der Waals surface area contributed by atoms with Gasteiger partial charge in [-0.1, -0.05) is 0 Å². The van der Waals surface area contributed by atoms with Crippen LogP contribution in [0.25, 0.3) is 10.6 Å². The number of Topliss-reactive ketones (excluding diaryl/α,β-unsaturated/α-hetero) is 1. The van der Waals surface area contributed by atoms with Gasteiger partial charge < -0.3 is 4.74 Å². The highest BCUT2D eigenvalue weighted by atomic mass is 32.1. The summed E-state index contributed by atoms with van der Waals surface area (Å²) in [6.45, 7) is -1.39. The fourth-order valence-corrected chi connectivity index (χ4v) is 2.21. The van der Waals surface area contributed by atoms with E-state index in [1.165, 1.54) is 30.4 Å². The number of hydrogen-bond acceptors (Lipinski definition) is 4. The molecule has 0 bridgehead atoms. The van der Waals surface area contributed by atoms with Crippen LogP contribution in [0.5, 0.6) is 5.75 Å². The number of halogens is 2. The van der Waals surface area contributed by atoms with E-state index in [0.717, 1.165) is 5.56 Å². The number of ketones is 1. The summed E-state index contributed by atoms with van der Waals surface area (Å²) in [4.78, 5) is 15.3. The van der Waals surface area contributed by atoms with Crippen LogP contribution in [0.1, 0.15) is 17.4 Å². The summed E-state index contributed by atoms with van der Waals surface area (Å²) >= 11 is 1.33. The zero-order valence-electron chi connectivity index (χ0n) is 9.39. The lowest BCUT2D eigenvalue weighted by Crippen LogP contribution is -2.01. The van der Waals surface area contributed by atoms with Crippen molar-refractivity contribution in [2.75, 3.05) is 0 Å². The Balaban J connectivity index is 2.20. The molecule has 18 heavy (non-hydrogen) atoms. The van der Waals surface area contributed by atoms with Gasteiger partial charge in [-0.05, 0) is 24.3 Å². The van der Waals surface area contributed by atoms with Crippen molar-refractivity contribution in [1.82, 2.24) is 4.98 Å². The number of carbonyl (C=O) groups is 1. The number of nitrogens with zero attached hydrogens (tertiary/aromatic N) is 1. The first-order valence-electron chi connectivity index (χ1n) is 5.08. The molecule has 0 fully saturated rings. The molecular formula is C12H9F2NO2S. The number of thiazole rings is 1. The topological polar surface area (TPSA) is 39.2 Å². The Morgan fingerprint density at radius 1 is 1.33 bits per heavy atom. The molecule has 1 aromatic carbocycles. The first-order chi connectivity index (χ1) is 8.56. The molecule has 2 rings (SSSR count). The van der Waals surface area contributed by atoms with Crippen molar-refractivity contribution in [3.63, 3.8) is 0 Å². The van der Waals surface area contributed by atoms with E-state index in [0.29, 0.717) is 10.7 Å². The van der Waals surface area contributed by atoms with Crippen LogP contribution in [0.3, 0.4) is 0 Å². The predicted octanol–water partition coefficient (Wildman–Crippen LogP) is 3.61. The van der Waals surface area contributed by atoms with Crippen molar-refractivity contribution in [2.24, 2.45) is 0 Å². The van der Waals surface area contributed by atoms with Crippen LogP contribution in [0.15, 0.2) is 29.6 Å². The molecular weight excluding hydrogens is 260 g/mol. The summed E-state index contributed by atoms with van der Waals surface area (Å²) < 4.78 is 28.2. The average Bonchev–Trinajstić information content (AvgIpc) is 2.78. The third-order valence-electron chi connectivity index (χ3n) is 2.19. The largest absolute Gasteiger partial charge is 0.435 e. The molecule has 3 nitrogen and oxygen atoms in total. The van der Waals surface area contributed by atoms with Gasteiger partial charge in [0.25, 0.3) is 0 Å². The molecule has 0 N–H and O–H groups in total. The number of alkyl halides is 2. The van der Waals surface area contributed by atoms with Gasteiger partial charge in [-0.3, -0.25) is 4.79 Å². The smallest absolute Gasteiger partial charge is 0.387 e. The molecule has 1 aromatic heterocycles. The molecule has 0 saturated heterocycles. The standard InChI is InChI=1S/C12H9F2NO2S/c1-7(16)10-6-18-11(15-10)8-2-4-9(5-3-8)17-12(13)14/h2-6,12H,1H3. The highest BCUT2D eigenvalue weighted by molar-refractivity contribution is 7.13. The summed E-state index contributed by atoms with van der Waals surface area (Å²) in [5.74, 6) is -0.00717. The Kier molecular flexibility index (Phi) is 3.66. The average molecular weight is 269 g/mol. The van der Waals surface area contributed by atoms with E-state index in [2.05, 4.69) is 9.72 Å². The van der Waals surface area contributed by atoms with Crippen molar-refractivity contribution < 1.29 is 18.3 Å². The lowest BCUT2D eigenvalue weighted by atomic mass is 10.2. The van der Waals surface area contributed by atoms with Gasteiger partial charge in [-0.15, -0.1) is 11.3 Å². The molecule has 0 aliphatic rings. The Bertz CT molecular complexity index is 551. The minimum absolute atomic E-state index is 0.0945. The van der Waals surface area contributed by atoms with E-state index in [-0.39, 0.29) is 11.5 Å². The van der Waals surface area contributed by atoms with Crippen LogP contribution in [0.4, 0.5) is 8.78 Å². The molecule has 0 amide bonds. The maximum Gasteiger partial charge on any atom is 0.387 e. The number of rotatable bonds is 4. The Morgan fingerprint density at radius 3 is 2.50 bits per heavy atom. The summed E-state index contributed by atoms with van der Waals surface area (Å²) in [5.41, 5.74) is 1.16. The van der Waals surface area contributed by atoms with Gasteiger partial charge in [0.05, 0.1) is 0 Å². The van der Waals surface area contributed by atoms with Crippen LogP contribution >= 0.6 is 11.3 Å². The number of benzene rings is 1. The van der Waals surface area contributed by atoms with Crippen LogP contribution in [-0.2, 0) is 0 Å². The molecule has 94 valence electrons. The van der Waals surface area contributed by atoms with Gasteiger partial charge in [-0.2, -0.15) is 8.78 Å². The Hall–Kier alpha value is -1.82. The van der Waals surface area contributed by atoms with Crippen molar-refractivity contribution >= 4 is 17.1 Å². The zero-order valence-corrected chi connectivity index (χ0v) is 10.2. The lowest BCUT2D eigenvalue weighted by molar-refractivity contribution is -0.0498. The third-order valence-corrected chi connectivity index (χ3v) is 3.08. The van der Waals surface area contributed by atoms with Crippen molar-refractivity contribution in [1.29, 1.82) is 0 Å². The van der Waals surface area contributed by atoms with Crippen molar-refractivity contribution in [3.05, 3.63) is 35.3 Å². The van der Waals surface area contributed by atoms with E-state index >= 15 is 0 Å². The Morgan fingerprint density at radius 2 is 2.00 bits per heavy atom. The molecule has 0 radical (unpaired) electrons. The fraction of sp³-hybridized carbons (Fsp3) is 0.167. The molecule has 2 aromatic rings. The summed E-state index contributed by atoms with van der Waals surface area (Å²) in [6, 6.07) is 6.13. The number of ether oxygens (including phenoxy) is 1. The SMILES string of the molecule is CC(=O)c1csc(-c2ccc(OC(F)F)cc2)n1. The predicted molar refractivity (Wildman–Crippen MR) is 64.2 cm³/mol. The number of carbonyl (C=O) groups excluding carboxylic acids is 1. The number of aromatic nitrogens is 1. The maximum absolute atomic E-state index is 12.0. The second-order valence-electron chi connectivity index (χ2n) is 3.50. The monoisotopic (exact) mass is 269 g/mol. The van der Waals surface area contributed by atoms with Gasteiger partial charge >= 0.3 is 6.61 Å².